The molecule has 152 valence electrons. The van der Waals surface area contributed by atoms with Crippen LogP contribution in [0.5, 0.6) is 5.75 Å². The molecule has 0 aliphatic carbocycles. The lowest BCUT2D eigenvalue weighted by Crippen LogP contribution is -2.39. The van der Waals surface area contributed by atoms with E-state index in [-0.39, 0.29) is 6.04 Å². The van der Waals surface area contributed by atoms with Crippen molar-refractivity contribution in [2.75, 3.05) is 19.7 Å². The summed E-state index contributed by atoms with van der Waals surface area (Å²) in [7, 11) is 0. The lowest BCUT2D eigenvalue weighted by molar-refractivity contribution is 0.167. The highest BCUT2D eigenvalue weighted by molar-refractivity contribution is 6.32. The molecule has 0 saturated heterocycles. The number of nitrogens with zero attached hydrogens (tertiary/aromatic N) is 1. The van der Waals surface area contributed by atoms with Crippen LogP contribution in [0.15, 0.2) is 59.8 Å². The average Bonchev–Trinajstić information content (AvgIpc) is 3.15. The lowest BCUT2D eigenvalue weighted by Gasteiger charge is -2.35. The van der Waals surface area contributed by atoms with Gasteiger partial charge in [0.25, 0.3) is 0 Å². The molecule has 0 radical (unpaired) electrons. The Morgan fingerprint density at radius 1 is 1.17 bits per heavy atom. The van der Waals surface area contributed by atoms with Crippen molar-refractivity contribution in [1.29, 1.82) is 0 Å². The van der Waals surface area contributed by atoms with Gasteiger partial charge in [0.1, 0.15) is 12.4 Å². The Bertz CT molecular complexity index is 967. The van der Waals surface area contributed by atoms with E-state index >= 15 is 0 Å². The van der Waals surface area contributed by atoms with Crippen molar-refractivity contribution in [3.8, 4) is 5.75 Å². The fourth-order valence-electron chi connectivity index (χ4n) is 4.07. The SMILES string of the molecule is CC/C=C(/NC1=C(C)CCN(C2COc3cccc(Cl)c32)C1)c1ccccc1Cl. The predicted octanol–water partition coefficient (Wildman–Crippen LogP) is 6.45. The molecule has 1 unspecified atom stereocenters. The molecule has 1 atom stereocenters. The smallest absolute Gasteiger partial charge is 0.125 e. The van der Waals surface area contributed by atoms with Crippen LogP contribution in [0.4, 0.5) is 0 Å². The van der Waals surface area contributed by atoms with Crippen LogP contribution in [-0.2, 0) is 0 Å². The minimum atomic E-state index is 0.183. The van der Waals surface area contributed by atoms with Crippen LogP contribution in [-0.4, -0.2) is 24.6 Å². The van der Waals surface area contributed by atoms with E-state index in [1.807, 2.05) is 36.4 Å². The molecule has 29 heavy (non-hydrogen) atoms. The highest BCUT2D eigenvalue weighted by Crippen LogP contribution is 2.42. The van der Waals surface area contributed by atoms with Gasteiger partial charge in [0.15, 0.2) is 0 Å². The maximum Gasteiger partial charge on any atom is 0.125 e. The molecule has 3 nitrogen and oxygen atoms in total. The molecule has 2 aliphatic heterocycles. The zero-order valence-corrected chi connectivity index (χ0v) is 18.4. The summed E-state index contributed by atoms with van der Waals surface area (Å²) in [4.78, 5) is 2.46. The van der Waals surface area contributed by atoms with E-state index in [1.165, 1.54) is 11.3 Å². The second-order valence-electron chi connectivity index (χ2n) is 7.59. The number of nitrogens with one attached hydrogen (secondary N) is 1. The summed E-state index contributed by atoms with van der Waals surface area (Å²) >= 11 is 13.0. The topological polar surface area (TPSA) is 24.5 Å². The molecule has 0 amide bonds. The maximum atomic E-state index is 6.51. The van der Waals surface area contributed by atoms with Gasteiger partial charge in [-0.05, 0) is 38.0 Å². The van der Waals surface area contributed by atoms with Crippen molar-refractivity contribution in [3.05, 3.63) is 81.0 Å². The van der Waals surface area contributed by atoms with Gasteiger partial charge in [-0.3, -0.25) is 4.90 Å². The minimum Gasteiger partial charge on any atom is -0.491 e. The van der Waals surface area contributed by atoms with Crippen molar-refractivity contribution in [1.82, 2.24) is 10.2 Å². The number of hydrogen-bond acceptors (Lipinski definition) is 3. The number of fused-ring (bicyclic) bond motifs is 1. The number of allylic oxidation sites excluding steroid dienone is 1. The third-order valence-electron chi connectivity index (χ3n) is 5.69. The molecule has 0 bridgehead atoms. The van der Waals surface area contributed by atoms with E-state index in [2.05, 4.69) is 36.2 Å². The monoisotopic (exact) mass is 428 g/mol. The molecule has 4 rings (SSSR count). The predicted molar refractivity (Wildman–Crippen MR) is 121 cm³/mol. The number of rotatable bonds is 5. The minimum absolute atomic E-state index is 0.183. The number of halogens is 2. The Morgan fingerprint density at radius 2 is 1.97 bits per heavy atom. The summed E-state index contributed by atoms with van der Waals surface area (Å²) in [5.41, 5.74) is 5.83. The summed E-state index contributed by atoms with van der Waals surface area (Å²) < 4.78 is 5.92. The van der Waals surface area contributed by atoms with Gasteiger partial charge in [0.2, 0.25) is 0 Å². The van der Waals surface area contributed by atoms with Gasteiger partial charge in [-0.15, -0.1) is 0 Å². The van der Waals surface area contributed by atoms with E-state index < -0.39 is 0 Å². The first-order valence-corrected chi connectivity index (χ1v) is 10.9. The fraction of sp³-hybridized carbons (Fsp3) is 0.333. The third kappa shape index (κ3) is 4.18. The molecular weight excluding hydrogens is 403 g/mol. The molecule has 2 aromatic carbocycles. The molecule has 0 fully saturated rings. The summed E-state index contributed by atoms with van der Waals surface area (Å²) in [6.07, 6.45) is 4.15. The fourth-order valence-corrected chi connectivity index (χ4v) is 4.60. The van der Waals surface area contributed by atoms with Crippen molar-refractivity contribution in [3.63, 3.8) is 0 Å². The second kappa shape index (κ2) is 8.83. The van der Waals surface area contributed by atoms with Crippen LogP contribution in [0.25, 0.3) is 5.70 Å². The van der Waals surface area contributed by atoms with E-state index in [0.717, 1.165) is 58.5 Å². The molecule has 2 heterocycles. The second-order valence-corrected chi connectivity index (χ2v) is 8.40. The van der Waals surface area contributed by atoms with Gasteiger partial charge < -0.3 is 10.1 Å². The molecule has 2 aromatic rings. The summed E-state index contributed by atoms with van der Waals surface area (Å²) in [6.45, 7) is 6.82. The summed E-state index contributed by atoms with van der Waals surface area (Å²) in [5, 5.41) is 5.24. The standard InChI is InChI=1S/C24H26Cl2N2O/c1-3-7-20(17-8-4-5-9-18(17)25)27-21-14-28(13-12-16(21)2)22-15-29-23-11-6-10-19(26)24(22)23/h4-11,22,27H,3,12-15H2,1-2H3/b20-7+. The van der Waals surface area contributed by atoms with E-state index in [4.69, 9.17) is 27.9 Å². The molecule has 2 aliphatic rings. The Kier molecular flexibility index (Phi) is 6.19. The van der Waals surface area contributed by atoms with Crippen LogP contribution in [0.3, 0.4) is 0 Å². The highest BCUT2D eigenvalue weighted by atomic mass is 35.5. The van der Waals surface area contributed by atoms with Gasteiger partial charge >= 0.3 is 0 Å². The van der Waals surface area contributed by atoms with E-state index in [9.17, 15) is 0 Å². The van der Waals surface area contributed by atoms with Gasteiger partial charge in [-0.2, -0.15) is 0 Å². The van der Waals surface area contributed by atoms with Crippen LogP contribution < -0.4 is 10.1 Å². The van der Waals surface area contributed by atoms with Crippen molar-refractivity contribution >= 4 is 28.9 Å². The molecule has 0 aromatic heterocycles. The molecular formula is C24H26Cl2N2O. The first-order chi connectivity index (χ1) is 14.1. The Hall–Kier alpha value is -1.94. The van der Waals surface area contributed by atoms with Crippen LogP contribution in [0, 0.1) is 0 Å². The lowest BCUT2D eigenvalue weighted by atomic mass is 10.0. The van der Waals surface area contributed by atoms with E-state index in [1.54, 1.807) is 0 Å². The summed E-state index contributed by atoms with van der Waals surface area (Å²) in [5.74, 6) is 0.908. The molecule has 0 saturated carbocycles. The van der Waals surface area contributed by atoms with Crippen molar-refractivity contribution < 1.29 is 4.74 Å². The number of hydrogen-bond donors (Lipinski definition) is 1. The maximum absolute atomic E-state index is 6.51. The highest BCUT2D eigenvalue weighted by Gasteiger charge is 2.33. The molecule has 0 spiro atoms. The Labute approximate surface area is 183 Å². The van der Waals surface area contributed by atoms with Gasteiger partial charge in [0, 0.05) is 45.7 Å². The summed E-state index contributed by atoms with van der Waals surface area (Å²) in [6, 6.07) is 14.1. The van der Waals surface area contributed by atoms with Gasteiger partial charge in [0.05, 0.1) is 6.04 Å². The number of benzene rings is 2. The molecule has 5 heteroatoms. The third-order valence-corrected chi connectivity index (χ3v) is 6.35. The van der Waals surface area contributed by atoms with Crippen LogP contribution >= 0.6 is 23.2 Å². The Balaban J connectivity index is 1.58. The first-order valence-electron chi connectivity index (χ1n) is 10.1. The normalized spacial score (nSPS) is 19.9. The first kappa shape index (κ1) is 20.3. The van der Waals surface area contributed by atoms with Crippen LogP contribution in [0.1, 0.15) is 43.9 Å². The van der Waals surface area contributed by atoms with Gasteiger partial charge in [-0.1, -0.05) is 66.0 Å². The largest absolute Gasteiger partial charge is 0.491 e. The van der Waals surface area contributed by atoms with E-state index in [0.29, 0.717) is 6.61 Å². The average molecular weight is 429 g/mol. The zero-order valence-electron chi connectivity index (χ0n) is 16.8. The zero-order chi connectivity index (χ0) is 20.4. The Morgan fingerprint density at radius 3 is 2.76 bits per heavy atom. The number of ether oxygens (including phenoxy) is 1. The van der Waals surface area contributed by atoms with Crippen LogP contribution in [0.2, 0.25) is 10.0 Å². The van der Waals surface area contributed by atoms with Gasteiger partial charge in [-0.25, -0.2) is 0 Å². The van der Waals surface area contributed by atoms with Crippen molar-refractivity contribution in [2.45, 2.75) is 32.7 Å². The quantitative estimate of drug-likeness (QED) is 0.591. The van der Waals surface area contributed by atoms with Crippen molar-refractivity contribution in [2.24, 2.45) is 0 Å². The molecule has 1 N–H and O–H groups in total.